The number of urea groups is 1. The second-order valence-electron chi connectivity index (χ2n) is 6.97. The Morgan fingerprint density at radius 3 is 2.41 bits per heavy atom. The summed E-state index contributed by atoms with van der Waals surface area (Å²) in [4.78, 5) is 33.3. The van der Waals surface area contributed by atoms with Gasteiger partial charge in [0.05, 0.1) is 16.3 Å². The molecule has 0 aliphatic carbocycles. The summed E-state index contributed by atoms with van der Waals surface area (Å²) in [5.74, 6) is 0.0401. The van der Waals surface area contributed by atoms with Crippen LogP contribution < -0.4 is 10.6 Å². The van der Waals surface area contributed by atoms with Gasteiger partial charge >= 0.3 is 6.03 Å². The molecule has 0 atom stereocenters. The Balaban J connectivity index is 0.00000300. The second-order valence-corrected chi connectivity index (χ2v) is 7.41. The summed E-state index contributed by atoms with van der Waals surface area (Å²) < 4.78 is 0. The van der Waals surface area contributed by atoms with Crippen molar-refractivity contribution in [3.05, 3.63) is 53.2 Å². The molecule has 0 unspecified atom stereocenters. The monoisotopic (exact) mass is 437 g/mol. The van der Waals surface area contributed by atoms with Gasteiger partial charge in [-0.2, -0.15) is 0 Å². The van der Waals surface area contributed by atoms with Crippen LogP contribution in [0.1, 0.15) is 23.2 Å². The van der Waals surface area contributed by atoms with Crippen LogP contribution in [0, 0.1) is 0 Å². The highest BCUT2D eigenvalue weighted by Crippen LogP contribution is 2.20. The minimum Gasteiger partial charge on any atom is -0.324 e. The maximum absolute atomic E-state index is 12.7. The maximum atomic E-state index is 12.7. The van der Waals surface area contributed by atoms with Crippen molar-refractivity contribution < 1.29 is 9.59 Å². The smallest absolute Gasteiger partial charge is 0.321 e. The van der Waals surface area contributed by atoms with Gasteiger partial charge in [0.1, 0.15) is 5.82 Å². The average molecular weight is 438 g/mol. The number of hydrogen-bond acceptors (Lipinski definition) is 4. The highest BCUT2D eigenvalue weighted by Gasteiger charge is 2.24. The molecule has 1 aliphatic rings. The van der Waals surface area contributed by atoms with Gasteiger partial charge in [0.2, 0.25) is 0 Å². The molecule has 0 bridgehead atoms. The van der Waals surface area contributed by atoms with Gasteiger partial charge in [0.25, 0.3) is 5.91 Å². The third kappa shape index (κ3) is 6.06. The van der Waals surface area contributed by atoms with Gasteiger partial charge in [0, 0.05) is 25.3 Å². The summed E-state index contributed by atoms with van der Waals surface area (Å²) >= 11 is 5.82. The van der Waals surface area contributed by atoms with Crippen LogP contribution in [-0.4, -0.2) is 59.9 Å². The molecular weight excluding hydrogens is 413 g/mol. The molecule has 0 saturated carbocycles. The van der Waals surface area contributed by atoms with Crippen molar-refractivity contribution in [1.82, 2.24) is 14.8 Å². The van der Waals surface area contributed by atoms with Gasteiger partial charge in [-0.25, -0.2) is 9.78 Å². The van der Waals surface area contributed by atoms with Gasteiger partial charge < -0.3 is 20.4 Å². The predicted molar refractivity (Wildman–Crippen MR) is 118 cm³/mol. The van der Waals surface area contributed by atoms with Crippen molar-refractivity contribution in [2.75, 3.05) is 37.8 Å². The van der Waals surface area contributed by atoms with E-state index in [-0.39, 0.29) is 24.3 Å². The molecule has 1 fully saturated rings. The fourth-order valence-electron chi connectivity index (χ4n) is 3.20. The van der Waals surface area contributed by atoms with E-state index in [0.29, 0.717) is 41.2 Å². The molecule has 156 valence electrons. The number of nitrogens with zero attached hydrogens (tertiary/aromatic N) is 3. The highest BCUT2D eigenvalue weighted by atomic mass is 35.5. The molecule has 0 radical (unpaired) electrons. The lowest BCUT2D eigenvalue weighted by Gasteiger charge is -2.35. The van der Waals surface area contributed by atoms with Crippen molar-refractivity contribution in [2.24, 2.45) is 0 Å². The zero-order chi connectivity index (χ0) is 20.1. The normalized spacial score (nSPS) is 14.3. The molecule has 7 nitrogen and oxygen atoms in total. The van der Waals surface area contributed by atoms with Crippen LogP contribution in [0.15, 0.2) is 42.6 Å². The lowest BCUT2D eigenvalue weighted by molar-refractivity contribution is 0.102. The highest BCUT2D eigenvalue weighted by molar-refractivity contribution is 6.30. The first-order valence-electron chi connectivity index (χ1n) is 9.18. The van der Waals surface area contributed by atoms with Crippen molar-refractivity contribution in [2.45, 2.75) is 18.9 Å². The van der Waals surface area contributed by atoms with E-state index < -0.39 is 0 Å². The average Bonchev–Trinajstić information content (AvgIpc) is 2.70. The SMILES string of the molecule is CN(C)C1CCN(C(=O)Nc2ccccc2C(=O)Nc2ccc(Cl)cn2)CC1.Cl. The number of amides is 3. The van der Waals surface area contributed by atoms with Crippen LogP contribution in [-0.2, 0) is 0 Å². The minimum atomic E-state index is -0.350. The van der Waals surface area contributed by atoms with Crippen LogP contribution in [0.3, 0.4) is 0 Å². The molecule has 3 amide bonds. The summed E-state index contributed by atoms with van der Waals surface area (Å²) in [7, 11) is 4.12. The molecule has 1 aromatic carbocycles. The number of rotatable bonds is 4. The van der Waals surface area contributed by atoms with Gasteiger partial charge in [0.15, 0.2) is 0 Å². The molecule has 1 saturated heterocycles. The number of piperidine rings is 1. The molecule has 29 heavy (non-hydrogen) atoms. The topological polar surface area (TPSA) is 77.6 Å². The summed E-state index contributed by atoms with van der Waals surface area (Å²) in [6.07, 6.45) is 3.33. The van der Waals surface area contributed by atoms with Gasteiger partial charge in [-0.15, -0.1) is 12.4 Å². The summed E-state index contributed by atoms with van der Waals surface area (Å²) in [5, 5.41) is 6.08. The quantitative estimate of drug-likeness (QED) is 0.758. The minimum absolute atomic E-state index is 0. The zero-order valence-corrected chi connectivity index (χ0v) is 18.0. The van der Waals surface area contributed by atoms with Gasteiger partial charge in [-0.05, 0) is 51.2 Å². The Kier molecular flexibility index (Phi) is 8.25. The molecule has 9 heteroatoms. The van der Waals surface area contributed by atoms with Crippen molar-refractivity contribution in [3.8, 4) is 0 Å². The number of pyridine rings is 1. The van der Waals surface area contributed by atoms with E-state index in [0.717, 1.165) is 12.8 Å². The largest absolute Gasteiger partial charge is 0.324 e. The first-order chi connectivity index (χ1) is 13.4. The number of aromatic nitrogens is 1. The number of carbonyl (C=O) groups excluding carboxylic acids is 2. The Labute approximate surface area is 181 Å². The van der Waals surface area contributed by atoms with Gasteiger partial charge in [-0.3, -0.25) is 4.79 Å². The molecule has 1 aromatic heterocycles. The zero-order valence-electron chi connectivity index (χ0n) is 16.4. The van der Waals surface area contributed by atoms with Crippen LogP contribution in [0.4, 0.5) is 16.3 Å². The van der Waals surface area contributed by atoms with E-state index >= 15 is 0 Å². The predicted octanol–water partition coefficient (Wildman–Crippen LogP) is 3.97. The first kappa shape index (κ1) is 22.9. The van der Waals surface area contributed by atoms with Crippen molar-refractivity contribution >= 4 is 47.5 Å². The number of carbonyl (C=O) groups is 2. The molecule has 3 rings (SSSR count). The van der Waals surface area contributed by atoms with E-state index in [1.165, 1.54) is 6.20 Å². The van der Waals surface area contributed by atoms with E-state index in [4.69, 9.17) is 11.6 Å². The van der Waals surface area contributed by atoms with Crippen LogP contribution in [0.25, 0.3) is 0 Å². The second kappa shape index (κ2) is 10.4. The summed E-state index contributed by atoms with van der Waals surface area (Å²) in [6, 6.07) is 10.5. The summed E-state index contributed by atoms with van der Waals surface area (Å²) in [5.41, 5.74) is 0.837. The van der Waals surface area contributed by atoms with Crippen LogP contribution in [0.5, 0.6) is 0 Å². The van der Waals surface area contributed by atoms with E-state index in [1.807, 2.05) is 0 Å². The Morgan fingerprint density at radius 2 is 1.79 bits per heavy atom. The number of para-hydroxylation sites is 1. The van der Waals surface area contributed by atoms with Crippen molar-refractivity contribution in [3.63, 3.8) is 0 Å². The first-order valence-corrected chi connectivity index (χ1v) is 9.56. The molecule has 1 aliphatic heterocycles. The Morgan fingerprint density at radius 1 is 1.10 bits per heavy atom. The third-order valence-corrected chi connectivity index (χ3v) is 5.09. The fraction of sp³-hybridized carbons (Fsp3) is 0.350. The number of likely N-dealkylation sites (tertiary alicyclic amines) is 1. The molecule has 2 heterocycles. The van der Waals surface area contributed by atoms with Crippen LogP contribution in [0.2, 0.25) is 5.02 Å². The number of nitrogens with one attached hydrogen (secondary N) is 2. The molecular formula is C20H25Cl2N5O2. The van der Waals surface area contributed by atoms with E-state index in [9.17, 15) is 9.59 Å². The van der Waals surface area contributed by atoms with Crippen molar-refractivity contribution in [1.29, 1.82) is 0 Å². The standard InChI is InChI=1S/C20H24ClN5O2.ClH/c1-25(2)15-9-11-26(12-10-15)20(28)23-17-6-4-3-5-16(17)19(27)24-18-8-7-14(21)13-22-18;/h3-8,13,15H,9-12H2,1-2H3,(H,23,28)(H,22,24,27);1H. The number of hydrogen-bond donors (Lipinski definition) is 2. The number of halogens is 2. The molecule has 0 spiro atoms. The number of benzene rings is 1. The van der Waals surface area contributed by atoms with Gasteiger partial charge in [-0.1, -0.05) is 23.7 Å². The Hall–Kier alpha value is -2.35. The van der Waals surface area contributed by atoms with E-state index in [2.05, 4.69) is 34.6 Å². The lowest BCUT2D eigenvalue weighted by Crippen LogP contribution is -2.46. The lowest BCUT2D eigenvalue weighted by atomic mass is 10.0. The molecule has 2 N–H and O–H groups in total. The maximum Gasteiger partial charge on any atom is 0.321 e. The number of anilines is 2. The van der Waals surface area contributed by atoms with Crippen LogP contribution >= 0.6 is 24.0 Å². The third-order valence-electron chi connectivity index (χ3n) is 4.86. The Bertz CT molecular complexity index is 837. The fourth-order valence-corrected chi connectivity index (χ4v) is 3.31. The molecule has 2 aromatic rings. The van der Waals surface area contributed by atoms with E-state index in [1.54, 1.807) is 41.3 Å². The summed E-state index contributed by atoms with van der Waals surface area (Å²) in [6.45, 7) is 1.38.